The molecular weight excluding hydrogens is 376 g/mol. The van der Waals surface area contributed by atoms with Gasteiger partial charge in [0.05, 0.1) is 31.5 Å². The molecule has 0 radical (unpaired) electrons. The second-order valence-corrected chi connectivity index (χ2v) is 7.04. The van der Waals surface area contributed by atoms with E-state index in [1.807, 2.05) is 37.4 Å². The Bertz CT molecular complexity index is 891. The fourth-order valence-electron chi connectivity index (χ4n) is 2.85. The van der Waals surface area contributed by atoms with Crippen LogP contribution in [-0.4, -0.2) is 29.7 Å². The van der Waals surface area contributed by atoms with Crippen molar-refractivity contribution in [2.24, 2.45) is 0 Å². The molecule has 2 rings (SSSR count). The summed E-state index contributed by atoms with van der Waals surface area (Å²) in [4.78, 5) is 16.3. The number of rotatable bonds is 6. The van der Waals surface area contributed by atoms with Gasteiger partial charge in [-0.1, -0.05) is 31.5 Å². The van der Waals surface area contributed by atoms with Crippen LogP contribution in [-0.2, 0) is 11.3 Å². The van der Waals surface area contributed by atoms with Crippen LogP contribution < -0.4 is 4.74 Å². The van der Waals surface area contributed by atoms with Gasteiger partial charge in [0.1, 0.15) is 11.4 Å². The molecule has 0 saturated carbocycles. The smallest absolute Gasteiger partial charge is 0.356 e. The Morgan fingerprint density at radius 2 is 2.00 bits per heavy atom. The summed E-state index contributed by atoms with van der Waals surface area (Å²) in [5.41, 5.74) is 3.22. The van der Waals surface area contributed by atoms with Gasteiger partial charge in [-0.05, 0) is 55.2 Å². The fourth-order valence-corrected chi connectivity index (χ4v) is 3.04. The molecule has 1 atom stereocenters. The third kappa shape index (κ3) is 5.49. The highest BCUT2D eigenvalue weighted by atomic mass is 35.5. The van der Waals surface area contributed by atoms with E-state index in [4.69, 9.17) is 21.1 Å². The average molecular weight is 403 g/mol. The molecule has 0 aliphatic rings. The number of aromatic nitrogens is 2. The molecule has 0 aromatic carbocycles. The van der Waals surface area contributed by atoms with Crippen molar-refractivity contribution < 1.29 is 14.3 Å². The van der Waals surface area contributed by atoms with E-state index in [9.17, 15) is 4.79 Å². The molecule has 6 heteroatoms. The summed E-state index contributed by atoms with van der Waals surface area (Å²) >= 11 is 6.41. The Balaban J connectivity index is 2.64. The predicted octanol–water partition coefficient (Wildman–Crippen LogP) is 5.33. The number of halogens is 1. The largest absolute Gasteiger partial charge is 0.495 e. The number of carbonyl (C=O) groups excluding carboxylic acids is 1. The van der Waals surface area contributed by atoms with Gasteiger partial charge in [0.15, 0.2) is 0 Å². The van der Waals surface area contributed by atoms with E-state index < -0.39 is 5.97 Å². The van der Waals surface area contributed by atoms with Crippen molar-refractivity contribution in [2.45, 2.75) is 39.7 Å². The van der Waals surface area contributed by atoms with Crippen molar-refractivity contribution in [3.8, 4) is 5.75 Å². The van der Waals surface area contributed by atoms with Crippen molar-refractivity contribution in [1.29, 1.82) is 0 Å². The summed E-state index contributed by atoms with van der Waals surface area (Å²) in [5.74, 6) is 0.483. The molecule has 150 valence electrons. The molecular formula is C22H27ClN2O3. The SMILES string of the molecule is CCC(C)c1cc(C)cc(OC)c(Cl)ccn1Cc1cccc(C(=O)OC)n1. The normalized spacial score (nSPS) is 11.5. The molecule has 2 aromatic heterocycles. The standard InChI is InChI=1S/C22H27ClN2O3/c1-6-16(3)20-12-15(2)13-21(27-4)18(23)10-11-25(20)14-17-8-7-9-19(24-17)22(26)28-5/h7-13,16H,6,14H2,1-5H3. The number of nitrogens with zero attached hydrogens (tertiary/aromatic N) is 2. The minimum atomic E-state index is -0.450. The number of ether oxygens (including phenoxy) is 2. The summed E-state index contributed by atoms with van der Waals surface area (Å²) in [6.07, 6.45) is 2.91. The molecule has 2 heterocycles. The minimum Gasteiger partial charge on any atom is -0.495 e. The molecule has 0 aliphatic carbocycles. The number of methoxy groups -OCH3 is 2. The van der Waals surface area contributed by atoms with Gasteiger partial charge in [-0.25, -0.2) is 9.78 Å². The number of hydrogen-bond donors (Lipinski definition) is 0. The lowest BCUT2D eigenvalue weighted by molar-refractivity contribution is 0.0593. The van der Waals surface area contributed by atoms with Crippen molar-refractivity contribution in [3.63, 3.8) is 0 Å². The van der Waals surface area contributed by atoms with Crippen LogP contribution in [0.15, 0.2) is 42.6 Å². The van der Waals surface area contributed by atoms with Crippen molar-refractivity contribution in [3.05, 3.63) is 70.3 Å². The highest BCUT2D eigenvalue weighted by Gasteiger charge is 2.11. The first-order valence-corrected chi connectivity index (χ1v) is 9.60. The first kappa shape index (κ1) is 21.8. The predicted molar refractivity (Wildman–Crippen MR) is 112 cm³/mol. The quantitative estimate of drug-likeness (QED) is 0.613. The summed E-state index contributed by atoms with van der Waals surface area (Å²) < 4.78 is 12.3. The fraction of sp³-hybridized carbons (Fsp3) is 0.364. The Hall–Kier alpha value is -2.53. The Morgan fingerprint density at radius 3 is 2.64 bits per heavy atom. The molecule has 28 heavy (non-hydrogen) atoms. The van der Waals surface area contributed by atoms with Gasteiger partial charge in [-0.2, -0.15) is 0 Å². The molecule has 0 aliphatic heterocycles. The number of carbonyl (C=O) groups is 1. The zero-order valence-electron chi connectivity index (χ0n) is 17.0. The number of pyridine rings is 1. The summed E-state index contributed by atoms with van der Waals surface area (Å²) in [7, 11) is 2.95. The van der Waals surface area contributed by atoms with Crippen molar-refractivity contribution >= 4 is 17.6 Å². The van der Waals surface area contributed by atoms with E-state index in [2.05, 4.69) is 29.5 Å². The average Bonchev–Trinajstić information content (AvgIpc) is 2.76. The molecule has 5 nitrogen and oxygen atoms in total. The number of aryl methyl sites for hydroxylation is 1. The van der Waals surface area contributed by atoms with E-state index in [0.29, 0.717) is 23.2 Å². The molecule has 0 saturated heterocycles. The Labute approximate surface area is 171 Å². The van der Waals surface area contributed by atoms with Gasteiger partial charge in [0.25, 0.3) is 0 Å². The molecule has 0 amide bonds. The molecule has 1 unspecified atom stereocenters. The molecule has 0 N–H and O–H groups in total. The van der Waals surface area contributed by atoms with Gasteiger partial charge in [0, 0.05) is 11.9 Å². The zero-order valence-corrected chi connectivity index (χ0v) is 17.8. The second kappa shape index (κ2) is 10.1. The number of esters is 1. The van der Waals surface area contributed by atoms with Crippen LogP contribution in [0, 0.1) is 6.92 Å². The summed E-state index contributed by atoms with van der Waals surface area (Å²) in [6.45, 7) is 6.85. The van der Waals surface area contributed by atoms with Crippen LogP contribution in [0.3, 0.4) is 0 Å². The Kier molecular flexibility index (Phi) is 7.88. The van der Waals surface area contributed by atoms with Gasteiger partial charge < -0.3 is 14.0 Å². The van der Waals surface area contributed by atoms with E-state index in [1.165, 1.54) is 7.11 Å². The molecule has 2 aromatic rings. The molecule has 0 bridgehead atoms. The van der Waals surface area contributed by atoms with Crippen molar-refractivity contribution in [2.75, 3.05) is 14.2 Å². The maximum atomic E-state index is 11.8. The van der Waals surface area contributed by atoms with Crippen LogP contribution in [0.5, 0.6) is 5.75 Å². The first-order valence-electron chi connectivity index (χ1n) is 9.22. The highest BCUT2D eigenvalue weighted by Crippen LogP contribution is 2.25. The van der Waals surface area contributed by atoms with Crippen molar-refractivity contribution in [1.82, 2.24) is 9.55 Å². The summed E-state index contributed by atoms with van der Waals surface area (Å²) in [6, 6.07) is 11.2. The maximum absolute atomic E-state index is 11.8. The van der Waals surface area contributed by atoms with Crippen LogP contribution in [0.4, 0.5) is 0 Å². The highest BCUT2D eigenvalue weighted by molar-refractivity contribution is 6.31. The second-order valence-electron chi connectivity index (χ2n) is 6.63. The monoisotopic (exact) mass is 402 g/mol. The lowest BCUT2D eigenvalue weighted by Crippen LogP contribution is -2.11. The van der Waals surface area contributed by atoms with E-state index in [-0.39, 0.29) is 5.69 Å². The van der Waals surface area contributed by atoms with E-state index >= 15 is 0 Å². The first-order chi connectivity index (χ1) is 13.4. The topological polar surface area (TPSA) is 53.4 Å². The van der Waals surface area contributed by atoms with Crippen LogP contribution in [0.1, 0.15) is 53.6 Å². The van der Waals surface area contributed by atoms with Crippen LogP contribution in [0.2, 0.25) is 5.02 Å². The van der Waals surface area contributed by atoms with Crippen LogP contribution in [0.25, 0.3) is 0 Å². The third-order valence-corrected chi connectivity index (χ3v) is 4.89. The van der Waals surface area contributed by atoms with Gasteiger partial charge in [-0.3, -0.25) is 0 Å². The van der Waals surface area contributed by atoms with Crippen LogP contribution >= 0.6 is 11.6 Å². The zero-order chi connectivity index (χ0) is 20.7. The molecule has 0 spiro atoms. The minimum absolute atomic E-state index is 0.290. The maximum Gasteiger partial charge on any atom is 0.356 e. The van der Waals surface area contributed by atoms with Gasteiger partial charge in [0.2, 0.25) is 0 Å². The summed E-state index contributed by atoms with van der Waals surface area (Å²) in [5, 5.41) is 0.516. The third-order valence-electron chi connectivity index (χ3n) is 4.57. The lowest BCUT2D eigenvalue weighted by Gasteiger charge is -2.17. The van der Waals surface area contributed by atoms with Gasteiger partial charge in [-0.15, -0.1) is 0 Å². The Morgan fingerprint density at radius 1 is 1.25 bits per heavy atom. The number of hydrogen-bond acceptors (Lipinski definition) is 4. The van der Waals surface area contributed by atoms with E-state index in [0.717, 1.165) is 23.4 Å². The lowest BCUT2D eigenvalue weighted by atomic mass is 10.0. The molecule has 0 fully saturated rings. The van der Waals surface area contributed by atoms with E-state index in [1.54, 1.807) is 13.2 Å². The van der Waals surface area contributed by atoms with Gasteiger partial charge >= 0.3 is 5.97 Å².